The SMILES string of the molecule is CCN(CC)c1nc(NC2CCC(NC(=O)Nc3cc(OC)c(OC)c(OC)c3)CC2)nc2c1CCCC2. The topological polar surface area (TPSA) is 110 Å². The monoisotopic (exact) mass is 526 g/mol. The number of carbonyl (C=O) groups is 1. The van der Waals surface area contributed by atoms with Crippen LogP contribution in [0.15, 0.2) is 12.1 Å². The van der Waals surface area contributed by atoms with Gasteiger partial charge in [-0.3, -0.25) is 0 Å². The second-order valence-corrected chi connectivity index (χ2v) is 9.88. The van der Waals surface area contributed by atoms with Gasteiger partial charge in [-0.2, -0.15) is 4.98 Å². The molecule has 0 spiro atoms. The minimum absolute atomic E-state index is 0.103. The van der Waals surface area contributed by atoms with Gasteiger partial charge < -0.3 is 35.1 Å². The Morgan fingerprint density at radius 2 is 1.55 bits per heavy atom. The number of ether oxygens (including phenoxy) is 3. The Morgan fingerprint density at radius 3 is 2.16 bits per heavy atom. The van der Waals surface area contributed by atoms with Crippen molar-refractivity contribution in [1.82, 2.24) is 15.3 Å². The normalized spacial score (nSPS) is 18.7. The van der Waals surface area contributed by atoms with Crippen LogP contribution in [0.1, 0.15) is 63.6 Å². The highest BCUT2D eigenvalue weighted by Crippen LogP contribution is 2.40. The Balaban J connectivity index is 1.33. The third-order valence-electron chi connectivity index (χ3n) is 7.54. The van der Waals surface area contributed by atoms with Crippen LogP contribution in [-0.4, -0.2) is 62.5 Å². The molecule has 4 rings (SSSR count). The lowest BCUT2D eigenvalue weighted by molar-refractivity contribution is 0.243. The Morgan fingerprint density at radius 1 is 0.921 bits per heavy atom. The minimum atomic E-state index is -0.252. The van der Waals surface area contributed by atoms with Crippen molar-refractivity contribution in [3.8, 4) is 17.2 Å². The van der Waals surface area contributed by atoms with Gasteiger partial charge in [-0.25, -0.2) is 9.78 Å². The third kappa shape index (κ3) is 6.34. The van der Waals surface area contributed by atoms with E-state index < -0.39 is 0 Å². The van der Waals surface area contributed by atoms with Crippen LogP contribution in [0.4, 0.5) is 22.2 Å². The fourth-order valence-electron chi connectivity index (χ4n) is 5.49. The third-order valence-corrected chi connectivity index (χ3v) is 7.54. The van der Waals surface area contributed by atoms with Gasteiger partial charge in [-0.15, -0.1) is 0 Å². The number of benzene rings is 1. The van der Waals surface area contributed by atoms with E-state index in [0.717, 1.165) is 63.4 Å². The Kier molecular flexibility index (Phi) is 9.36. The largest absolute Gasteiger partial charge is 0.493 e. The average Bonchev–Trinajstić information content (AvgIpc) is 2.94. The Hall–Kier alpha value is -3.43. The molecule has 1 saturated carbocycles. The molecule has 0 bridgehead atoms. The highest BCUT2D eigenvalue weighted by molar-refractivity contribution is 5.90. The van der Waals surface area contributed by atoms with Crippen molar-refractivity contribution in [2.45, 2.75) is 77.3 Å². The molecule has 10 heteroatoms. The fraction of sp³-hybridized carbons (Fsp3) is 0.607. The number of hydrogen-bond donors (Lipinski definition) is 3. The lowest BCUT2D eigenvalue weighted by Crippen LogP contribution is -2.42. The van der Waals surface area contributed by atoms with Gasteiger partial charge in [0.2, 0.25) is 11.7 Å². The number of rotatable bonds is 10. The maximum Gasteiger partial charge on any atom is 0.319 e. The van der Waals surface area contributed by atoms with E-state index in [4.69, 9.17) is 24.2 Å². The smallest absolute Gasteiger partial charge is 0.319 e. The molecule has 0 atom stereocenters. The van der Waals surface area contributed by atoms with E-state index >= 15 is 0 Å². The van der Waals surface area contributed by atoms with Crippen LogP contribution in [0.25, 0.3) is 0 Å². The first-order chi connectivity index (χ1) is 18.5. The molecule has 1 aromatic heterocycles. The number of aryl methyl sites for hydroxylation is 1. The summed E-state index contributed by atoms with van der Waals surface area (Å²) in [6.45, 7) is 6.24. The maximum atomic E-state index is 12.7. The van der Waals surface area contributed by atoms with Gasteiger partial charge in [-0.05, 0) is 65.2 Å². The van der Waals surface area contributed by atoms with Crippen LogP contribution >= 0.6 is 0 Å². The lowest BCUT2D eigenvalue weighted by Gasteiger charge is -2.31. The van der Waals surface area contributed by atoms with E-state index in [1.807, 2.05) is 0 Å². The molecule has 3 N–H and O–H groups in total. The number of carbonyl (C=O) groups excluding carboxylic acids is 1. The van der Waals surface area contributed by atoms with E-state index in [1.165, 1.54) is 24.1 Å². The quantitative estimate of drug-likeness (QED) is 0.406. The number of methoxy groups -OCH3 is 3. The van der Waals surface area contributed by atoms with Gasteiger partial charge >= 0.3 is 6.03 Å². The average molecular weight is 527 g/mol. The molecule has 2 aliphatic carbocycles. The van der Waals surface area contributed by atoms with E-state index in [2.05, 4.69) is 34.7 Å². The van der Waals surface area contributed by atoms with Crippen molar-refractivity contribution < 1.29 is 19.0 Å². The molecule has 0 radical (unpaired) electrons. The van der Waals surface area contributed by atoms with E-state index in [0.29, 0.717) is 22.9 Å². The number of aromatic nitrogens is 2. The summed E-state index contributed by atoms with van der Waals surface area (Å²) in [7, 11) is 4.65. The molecule has 0 saturated heterocycles. The first-order valence-corrected chi connectivity index (χ1v) is 13.8. The second kappa shape index (κ2) is 12.9. The summed E-state index contributed by atoms with van der Waals surface area (Å²) < 4.78 is 16.1. The summed E-state index contributed by atoms with van der Waals surface area (Å²) in [5.41, 5.74) is 3.10. The summed E-state index contributed by atoms with van der Waals surface area (Å²) in [5.74, 6) is 3.30. The number of anilines is 3. The van der Waals surface area contributed by atoms with Crippen molar-refractivity contribution in [1.29, 1.82) is 0 Å². The molecular weight excluding hydrogens is 484 g/mol. The first kappa shape index (κ1) is 27.6. The molecule has 10 nitrogen and oxygen atoms in total. The van der Waals surface area contributed by atoms with E-state index in [9.17, 15) is 4.79 Å². The van der Waals surface area contributed by atoms with E-state index in [-0.39, 0.29) is 18.1 Å². The molecule has 2 amide bonds. The Labute approximate surface area is 225 Å². The van der Waals surface area contributed by atoms with Crippen LogP contribution in [0, 0.1) is 0 Å². The number of urea groups is 1. The molecule has 2 aliphatic rings. The second-order valence-electron chi connectivity index (χ2n) is 9.88. The highest BCUT2D eigenvalue weighted by Gasteiger charge is 2.25. The maximum absolute atomic E-state index is 12.7. The van der Waals surface area contributed by atoms with Gasteiger partial charge in [0.25, 0.3) is 0 Å². The van der Waals surface area contributed by atoms with Gasteiger partial charge in [0.15, 0.2) is 11.5 Å². The van der Waals surface area contributed by atoms with Crippen LogP contribution in [0.3, 0.4) is 0 Å². The van der Waals surface area contributed by atoms with E-state index in [1.54, 1.807) is 33.5 Å². The zero-order valence-electron chi connectivity index (χ0n) is 23.4. The van der Waals surface area contributed by atoms with Crippen LogP contribution in [0.2, 0.25) is 0 Å². The summed E-state index contributed by atoms with van der Waals surface area (Å²) in [4.78, 5) is 25.0. The molecule has 0 unspecified atom stereocenters. The predicted molar refractivity (Wildman–Crippen MR) is 150 cm³/mol. The molecule has 1 fully saturated rings. The first-order valence-electron chi connectivity index (χ1n) is 13.8. The zero-order chi connectivity index (χ0) is 27.1. The number of nitrogens with zero attached hydrogens (tertiary/aromatic N) is 3. The molecule has 2 aromatic rings. The predicted octanol–water partition coefficient (Wildman–Crippen LogP) is 4.77. The zero-order valence-corrected chi connectivity index (χ0v) is 23.4. The summed E-state index contributed by atoms with van der Waals surface area (Å²) >= 11 is 0. The number of fused-ring (bicyclic) bond motifs is 1. The highest BCUT2D eigenvalue weighted by atomic mass is 16.5. The van der Waals surface area contributed by atoms with Gasteiger partial charge in [0.05, 0.1) is 32.7 Å². The molecule has 1 aromatic carbocycles. The van der Waals surface area contributed by atoms with Crippen molar-refractivity contribution in [3.05, 3.63) is 23.4 Å². The van der Waals surface area contributed by atoms with Gasteiger partial charge in [0, 0.05) is 42.9 Å². The van der Waals surface area contributed by atoms with Crippen molar-refractivity contribution in [2.75, 3.05) is 50.0 Å². The number of amides is 2. The van der Waals surface area contributed by atoms with Crippen molar-refractivity contribution >= 4 is 23.5 Å². The number of nitrogens with one attached hydrogen (secondary N) is 3. The lowest BCUT2D eigenvalue weighted by atomic mass is 9.91. The minimum Gasteiger partial charge on any atom is -0.493 e. The van der Waals surface area contributed by atoms with Crippen molar-refractivity contribution in [3.63, 3.8) is 0 Å². The molecule has 0 aliphatic heterocycles. The van der Waals surface area contributed by atoms with Gasteiger partial charge in [0.1, 0.15) is 5.82 Å². The van der Waals surface area contributed by atoms with Gasteiger partial charge in [-0.1, -0.05) is 0 Å². The standard InChI is InChI=1S/C28H42N6O4/c1-6-34(7-2)26-21-10-8-9-11-22(21)32-27(33-26)29-18-12-14-19(15-13-18)30-28(35)31-20-16-23(36-3)25(38-5)24(17-20)37-4/h16-19H,6-15H2,1-5H3,(H,29,32,33)(H2,30,31,35). The summed E-state index contributed by atoms with van der Waals surface area (Å²) in [6, 6.07) is 3.57. The van der Waals surface area contributed by atoms with Crippen LogP contribution in [-0.2, 0) is 12.8 Å². The molecule has 38 heavy (non-hydrogen) atoms. The number of hydrogen-bond acceptors (Lipinski definition) is 8. The van der Waals surface area contributed by atoms with Crippen LogP contribution < -0.4 is 35.1 Å². The summed E-state index contributed by atoms with van der Waals surface area (Å²) in [5, 5.41) is 9.61. The Bertz CT molecular complexity index is 1070. The molecular formula is C28H42N6O4. The summed E-state index contributed by atoms with van der Waals surface area (Å²) in [6.07, 6.45) is 8.14. The molecule has 208 valence electrons. The van der Waals surface area contributed by atoms with Crippen molar-refractivity contribution in [2.24, 2.45) is 0 Å². The molecule has 1 heterocycles. The fourth-order valence-corrected chi connectivity index (χ4v) is 5.49. The van der Waals surface area contributed by atoms with Crippen LogP contribution in [0.5, 0.6) is 17.2 Å².